The Hall–Kier alpha value is -2.46. The maximum atomic E-state index is 13.1. The van der Waals surface area contributed by atoms with Gasteiger partial charge in [0.2, 0.25) is 15.9 Å². The van der Waals surface area contributed by atoms with Crippen molar-refractivity contribution in [2.75, 3.05) is 54.1 Å². The summed E-state index contributed by atoms with van der Waals surface area (Å²) in [6.45, 7) is 7.48. The number of nitrogens with zero attached hydrogens (tertiary/aromatic N) is 3. The van der Waals surface area contributed by atoms with Crippen LogP contribution in [0.25, 0.3) is 0 Å². The molecule has 0 saturated carbocycles. The van der Waals surface area contributed by atoms with Crippen molar-refractivity contribution in [1.29, 1.82) is 0 Å². The second kappa shape index (κ2) is 12.7. The molecule has 0 radical (unpaired) electrons. The van der Waals surface area contributed by atoms with E-state index in [0.717, 1.165) is 12.1 Å². The van der Waals surface area contributed by atoms with E-state index in [1.165, 1.54) is 42.8 Å². The van der Waals surface area contributed by atoms with Crippen molar-refractivity contribution in [3.05, 3.63) is 58.7 Å². The first kappa shape index (κ1) is 28.1. The minimum absolute atomic E-state index is 0.0992. The van der Waals surface area contributed by atoms with Crippen LogP contribution in [0.4, 0.5) is 0 Å². The van der Waals surface area contributed by atoms with Crippen LogP contribution in [0.3, 0.4) is 0 Å². The number of likely N-dealkylation sites (N-methyl/N-ethyl adjacent to an activating group) is 2. The van der Waals surface area contributed by atoms with Gasteiger partial charge in [0, 0.05) is 33.7 Å². The monoisotopic (exact) mass is 517 g/mol. The molecule has 0 atom stereocenters. The Morgan fingerprint density at radius 2 is 1.58 bits per heavy atom. The van der Waals surface area contributed by atoms with Crippen LogP contribution in [0.15, 0.2) is 41.3 Å². The molecule has 8 nitrogen and oxygen atoms in total. The molecule has 0 aliphatic carbocycles. The van der Waals surface area contributed by atoms with E-state index >= 15 is 0 Å². The Morgan fingerprint density at radius 1 is 1.00 bits per heavy atom. The molecule has 3 rings (SSSR count). The summed E-state index contributed by atoms with van der Waals surface area (Å²) in [6, 6.07) is 11.8. The summed E-state index contributed by atoms with van der Waals surface area (Å²) in [5, 5.41) is 0. The first-order valence-electron chi connectivity index (χ1n) is 12.3. The molecule has 1 aliphatic rings. The van der Waals surface area contributed by atoms with Crippen molar-refractivity contribution in [3.8, 4) is 5.75 Å². The van der Waals surface area contributed by atoms with Crippen molar-refractivity contribution in [1.82, 2.24) is 14.1 Å². The topological polar surface area (TPSA) is 79.4 Å². The first-order chi connectivity index (χ1) is 17.1. The second-order valence-electron chi connectivity index (χ2n) is 9.52. The molecule has 1 aliphatic heterocycles. The van der Waals surface area contributed by atoms with Crippen LogP contribution in [0.5, 0.6) is 5.75 Å². The number of sulfonamides is 1. The van der Waals surface area contributed by atoms with Crippen molar-refractivity contribution in [3.63, 3.8) is 0 Å². The van der Waals surface area contributed by atoms with Crippen molar-refractivity contribution < 1.29 is 22.7 Å². The summed E-state index contributed by atoms with van der Waals surface area (Å²) in [6.07, 6.45) is 2.56. The van der Waals surface area contributed by atoms with Gasteiger partial charge in [-0.15, -0.1) is 0 Å². The van der Waals surface area contributed by atoms with Gasteiger partial charge in [-0.25, -0.2) is 8.42 Å². The van der Waals surface area contributed by atoms with Crippen LogP contribution in [-0.4, -0.2) is 82.5 Å². The Morgan fingerprint density at radius 3 is 2.17 bits per heavy atom. The van der Waals surface area contributed by atoms with Gasteiger partial charge in [-0.1, -0.05) is 24.3 Å². The Kier molecular flexibility index (Phi) is 9.90. The highest BCUT2D eigenvalue weighted by atomic mass is 32.2. The van der Waals surface area contributed by atoms with E-state index in [0.29, 0.717) is 23.4 Å². The van der Waals surface area contributed by atoms with E-state index in [9.17, 15) is 13.2 Å². The zero-order valence-corrected chi connectivity index (χ0v) is 22.9. The Bertz CT molecular complexity index is 1110. The third kappa shape index (κ3) is 7.29. The summed E-state index contributed by atoms with van der Waals surface area (Å²) in [4.78, 5) is 16.9. The van der Waals surface area contributed by atoms with Crippen molar-refractivity contribution in [2.24, 2.45) is 0 Å². The van der Waals surface area contributed by atoms with Crippen LogP contribution in [0.2, 0.25) is 0 Å². The van der Waals surface area contributed by atoms with Gasteiger partial charge >= 0.3 is 0 Å². The number of ether oxygens (including phenoxy) is 2. The molecule has 2 aromatic carbocycles. The SMILES string of the molecule is COc1cc(C)c(S(=O)(=O)N(C)CCOCC(=O)N(C)Cc2ccc(CN3CCCC3)cc2)c(C)c1. The first-order valence-corrected chi connectivity index (χ1v) is 13.8. The van der Waals surface area contributed by atoms with E-state index in [1.807, 2.05) is 0 Å². The van der Waals surface area contributed by atoms with Gasteiger partial charge in [0.15, 0.2) is 0 Å². The summed E-state index contributed by atoms with van der Waals surface area (Å²) < 4.78 is 38.2. The number of aryl methyl sites for hydroxylation is 2. The number of carbonyl (C=O) groups is 1. The number of hydrogen-bond donors (Lipinski definition) is 0. The summed E-state index contributed by atoms with van der Waals surface area (Å²) >= 11 is 0. The number of hydrogen-bond acceptors (Lipinski definition) is 6. The highest BCUT2D eigenvalue weighted by Crippen LogP contribution is 2.27. The number of methoxy groups -OCH3 is 1. The minimum Gasteiger partial charge on any atom is -0.497 e. The number of rotatable bonds is 12. The number of carbonyl (C=O) groups excluding carboxylic acids is 1. The quantitative estimate of drug-likeness (QED) is 0.403. The predicted molar refractivity (Wildman–Crippen MR) is 141 cm³/mol. The zero-order valence-electron chi connectivity index (χ0n) is 22.1. The normalized spacial score (nSPS) is 14.4. The molecule has 0 unspecified atom stereocenters. The molecule has 0 spiro atoms. The smallest absolute Gasteiger partial charge is 0.248 e. The third-order valence-corrected chi connectivity index (χ3v) is 8.75. The minimum atomic E-state index is -3.70. The lowest BCUT2D eigenvalue weighted by Crippen LogP contribution is -2.33. The molecule has 1 amide bonds. The predicted octanol–water partition coefficient (Wildman–Crippen LogP) is 3.20. The van der Waals surface area contributed by atoms with Crippen LogP contribution < -0.4 is 4.74 Å². The van der Waals surface area contributed by atoms with Gasteiger partial charge in [0.1, 0.15) is 12.4 Å². The van der Waals surface area contributed by atoms with Crippen molar-refractivity contribution >= 4 is 15.9 Å². The lowest BCUT2D eigenvalue weighted by Gasteiger charge is -2.21. The van der Waals surface area contributed by atoms with Crippen LogP contribution in [-0.2, 0) is 32.6 Å². The molecule has 2 aromatic rings. The van der Waals surface area contributed by atoms with E-state index in [4.69, 9.17) is 9.47 Å². The fourth-order valence-corrected chi connectivity index (χ4v) is 6.04. The van der Waals surface area contributed by atoms with E-state index in [-0.39, 0.29) is 30.6 Å². The highest BCUT2D eigenvalue weighted by molar-refractivity contribution is 7.89. The van der Waals surface area contributed by atoms with Crippen molar-refractivity contribution in [2.45, 2.75) is 44.7 Å². The highest BCUT2D eigenvalue weighted by Gasteiger charge is 2.25. The second-order valence-corrected chi connectivity index (χ2v) is 11.5. The number of likely N-dealkylation sites (tertiary alicyclic amines) is 1. The standard InChI is InChI=1S/C27H39N3O5S/c1-21-16-25(34-5)17-22(2)27(21)36(32,33)29(4)14-15-35-20-26(31)28(3)18-23-8-10-24(11-9-23)19-30-12-6-7-13-30/h8-11,16-17H,6-7,12-15,18-20H2,1-5H3. The van der Waals surface area contributed by atoms with Gasteiger partial charge in [-0.3, -0.25) is 9.69 Å². The fourth-order valence-electron chi connectivity index (χ4n) is 4.49. The average Bonchev–Trinajstić information content (AvgIpc) is 3.35. The molecule has 36 heavy (non-hydrogen) atoms. The molecule has 9 heteroatoms. The molecule has 0 N–H and O–H groups in total. The maximum absolute atomic E-state index is 13.1. The zero-order chi connectivity index (χ0) is 26.3. The molecule has 1 saturated heterocycles. The lowest BCUT2D eigenvalue weighted by atomic mass is 10.1. The van der Waals surface area contributed by atoms with E-state index in [2.05, 4.69) is 29.2 Å². The summed E-state index contributed by atoms with van der Waals surface area (Å²) in [5.41, 5.74) is 3.60. The van der Waals surface area contributed by atoms with Gasteiger partial charge in [-0.05, 0) is 74.2 Å². The van der Waals surface area contributed by atoms with E-state index in [1.54, 1.807) is 45.0 Å². The molecule has 1 heterocycles. The molecule has 0 aromatic heterocycles. The largest absolute Gasteiger partial charge is 0.497 e. The Balaban J connectivity index is 1.44. The van der Waals surface area contributed by atoms with Gasteiger partial charge in [0.25, 0.3) is 0 Å². The molecular weight excluding hydrogens is 478 g/mol. The lowest BCUT2D eigenvalue weighted by molar-refractivity contribution is -0.135. The molecule has 198 valence electrons. The van der Waals surface area contributed by atoms with E-state index < -0.39 is 10.0 Å². The molecule has 1 fully saturated rings. The van der Waals surface area contributed by atoms with Crippen LogP contribution in [0.1, 0.15) is 35.1 Å². The Labute approximate surface area is 215 Å². The summed E-state index contributed by atoms with van der Waals surface area (Å²) in [5.74, 6) is 0.471. The van der Waals surface area contributed by atoms with Gasteiger partial charge in [0.05, 0.1) is 18.6 Å². The number of amides is 1. The number of benzene rings is 2. The maximum Gasteiger partial charge on any atom is 0.248 e. The van der Waals surface area contributed by atoms with Gasteiger partial charge in [-0.2, -0.15) is 4.31 Å². The van der Waals surface area contributed by atoms with Gasteiger partial charge < -0.3 is 14.4 Å². The molecule has 0 bridgehead atoms. The third-order valence-electron chi connectivity index (χ3n) is 6.59. The molecular formula is C27H39N3O5S. The fraction of sp³-hybridized carbons (Fsp3) is 0.519. The average molecular weight is 518 g/mol. The van der Waals surface area contributed by atoms with Crippen LogP contribution in [0, 0.1) is 13.8 Å². The van der Waals surface area contributed by atoms with Crippen LogP contribution >= 0.6 is 0 Å². The summed E-state index contributed by atoms with van der Waals surface area (Å²) in [7, 11) is 1.12.